The smallest absolute Gasteiger partial charge is 0.144 e. The molecule has 15 heavy (non-hydrogen) atoms. The number of rotatable bonds is 2. The standard InChI is InChI=1S/C10H11NS4/c12-9(13)10(14-6-3-7-15-10)8-4-1-2-5-11-8/h1-2,4-5H,3,6-7H2,(H,12,13). The SMILES string of the molecule is S=C(S)C1(c2ccccn2)SCCCS1. The number of nitrogens with zero attached hydrogens (tertiary/aromatic N) is 1. The highest BCUT2D eigenvalue weighted by Crippen LogP contribution is 2.51. The number of aromatic nitrogens is 1. The summed E-state index contributed by atoms with van der Waals surface area (Å²) >= 11 is 13.4. The molecule has 0 aliphatic carbocycles. The van der Waals surface area contributed by atoms with Crippen molar-refractivity contribution in [1.29, 1.82) is 0 Å². The van der Waals surface area contributed by atoms with Gasteiger partial charge in [-0.15, -0.1) is 36.2 Å². The van der Waals surface area contributed by atoms with Crippen LogP contribution in [0.1, 0.15) is 12.1 Å². The van der Waals surface area contributed by atoms with Crippen molar-refractivity contribution in [3.63, 3.8) is 0 Å². The van der Waals surface area contributed by atoms with E-state index in [-0.39, 0.29) is 4.08 Å². The van der Waals surface area contributed by atoms with Gasteiger partial charge in [-0.2, -0.15) is 0 Å². The third-order valence-electron chi connectivity index (χ3n) is 2.18. The van der Waals surface area contributed by atoms with Crippen molar-refractivity contribution < 1.29 is 0 Å². The molecule has 2 rings (SSSR count). The van der Waals surface area contributed by atoms with Crippen LogP contribution >= 0.6 is 48.4 Å². The molecule has 0 N–H and O–H groups in total. The highest BCUT2D eigenvalue weighted by atomic mass is 32.2. The largest absolute Gasteiger partial charge is 0.258 e. The fourth-order valence-corrected chi connectivity index (χ4v) is 5.38. The van der Waals surface area contributed by atoms with E-state index in [1.807, 2.05) is 47.9 Å². The van der Waals surface area contributed by atoms with Gasteiger partial charge >= 0.3 is 0 Å². The quantitative estimate of drug-likeness (QED) is 0.655. The van der Waals surface area contributed by atoms with Gasteiger partial charge in [0.15, 0.2) is 0 Å². The Balaban J connectivity index is 2.38. The number of pyridine rings is 1. The van der Waals surface area contributed by atoms with Crippen molar-refractivity contribution >= 4 is 52.6 Å². The minimum Gasteiger partial charge on any atom is -0.258 e. The molecule has 0 saturated carbocycles. The molecule has 1 fully saturated rings. The lowest BCUT2D eigenvalue weighted by molar-refractivity contribution is 1.03. The van der Waals surface area contributed by atoms with Gasteiger partial charge in [0.2, 0.25) is 0 Å². The maximum atomic E-state index is 5.29. The average molecular weight is 273 g/mol. The van der Waals surface area contributed by atoms with Gasteiger partial charge in [0.05, 0.1) is 9.89 Å². The summed E-state index contributed by atoms with van der Waals surface area (Å²) < 4.78 is 0.522. The van der Waals surface area contributed by atoms with Crippen molar-refractivity contribution in [2.75, 3.05) is 11.5 Å². The van der Waals surface area contributed by atoms with Crippen molar-refractivity contribution in [2.24, 2.45) is 0 Å². The van der Waals surface area contributed by atoms with Gasteiger partial charge in [0.25, 0.3) is 0 Å². The Morgan fingerprint density at radius 2 is 2.13 bits per heavy atom. The van der Waals surface area contributed by atoms with E-state index in [1.165, 1.54) is 6.42 Å². The van der Waals surface area contributed by atoms with Gasteiger partial charge in [-0.05, 0) is 30.1 Å². The maximum absolute atomic E-state index is 5.29. The predicted molar refractivity (Wildman–Crippen MR) is 77.0 cm³/mol. The molecular formula is C10H11NS4. The van der Waals surface area contributed by atoms with Crippen LogP contribution in [0.25, 0.3) is 0 Å². The highest BCUT2D eigenvalue weighted by molar-refractivity contribution is 8.25. The van der Waals surface area contributed by atoms with Gasteiger partial charge in [0.1, 0.15) is 4.08 Å². The van der Waals surface area contributed by atoms with Crippen LogP contribution in [0, 0.1) is 0 Å². The van der Waals surface area contributed by atoms with Gasteiger partial charge in [-0.3, -0.25) is 4.98 Å². The zero-order chi connectivity index (χ0) is 10.7. The van der Waals surface area contributed by atoms with E-state index in [4.69, 9.17) is 12.2 Å². The number of thiol groups is 1. The summed E-state index contributed by atoms with van der Waals surface area (Å²) in [7, 11) is 0. The average Bonchev–Trinajstić information content (AvgIpc) is 2.31. The lowest BCUT2D eigenvalue weighted by atomic mass is 10.3. The minimum atomic E-state index is -0.210. The summed E-state index contributed by atoms with van der Waals surface area (Å²) in [5.74, 6) is 2.26. The topological polar surface area (TPSA) is 12.9 Å². The molecular weight excluding hydrogens is 262 g/mol. The summed E-state index contributed by atoms with van der Waals surface area (Å²) in [5, 5.41) is 0. The maximum Gasteiger partial charge on any atom is 0.144 e. The molecule has 1 nitrogen and oxygen atoms in total. The molecule has 0 aromatic carbocycles. The zero-order valence-electron chi connectivity index (χ0n) is 8.05. The number of hydrogen-bond acceptors (Lipinski definition) is 4. The van der Waals surface area contributed by atoms with Crippen LogP contribution < -0.4 is 0 Å². The van der Waals surface area contributed by atoms with Crippen molar-refractivity contribution in [3.05, 3.63) is 30.1 Å². The van der Waals surface area contributed by atoms with Crippen LogP contribution in [-0.4, -0.2) is 20.7 Å². The van der Waals surface area contributed by atoms with E-state index in [0.717, 1.165) is 21.4 Å². The summed E-state index contributed by atoms with van der Waals surface area (Å²) in [4.78, 5) is 4.42. The molecule has 0 amide bonds. The summed E-state index contributed by atoms with van der Waals surface area (Å²) in [6, 6.07) is 5.97. The molecule has 0 radical (unpaired) electrons. The predicted octanol–water partition coefficient (Wildman–Crippen LogP) is 3.36. The Kier molecular flexibility index (Phi) is 3.98. The first-order valence-electron chi connectivity index (χ1n) is 4.68. The normalized spacial score (nSPS) is 19.8. The van der Waals surface area contributed by atoms with E-state index >= 15 is 0 Å². The Hall–Kier alpha value is 0.290. The fraction of sp³-hybridized carbons (Fsp3) is 0.400. The highest BCUT2D eigenvalue weighted by Gasteiger charge is 2.39. The summed E-state index contributed by atoms with van der Waals surface area (Å²) in [5.41, 5.74) is 1.03. The molecule has 1 aromatic heterocycles. The fourth-order valence-electron chi connectivity index (χ4n) is 1.47. The Morgan fingerprint density at radius 1 is 1.40 bits per heavy atom. The Morgan fingerprint density at radius 3 is 2.67 bits per heavy atom. The first-order valence-corrected chi connectivity index (χ1v) is 7.51. The van der Waals surface area contributed by atoms with E-state index in [0.29, 0.717) is 0 Å². The molecule has 0 unspecified atom stereocenters. The molecule has 1 saturated heterocycles. The van der Waals surface area contributed by atoms with Crippen LogP contribution in [0.2, 0.25) is 0 Å². The van der Waals surface area contributed by atoms with Crippen molar-refractivity contribution in [3.8, 4) is 0 Å². The minimum absolute atomic E-state index is 0.210. The lowest BCUT2D eigenvalue weighted by Gasteiger charge is -2.34. The van der Waals surface area contributed by atoms with Crippen molar-refractivity contribution in [1.82, 2.24) is 4.98 Å². The molecule has 2 heterocycles. The molecule has 0 bridgehead atoms. The molecule has 0 spiro atoms. The first kappa shape index (κ1) is 11.8. The summed E-state index contributed by atoms with van der Waals surface area (Å²) in [6.45, 7) is 0. The second-order valence-corrected chi connectivity index (χ2v) is 7.22. The first-order chi connectivity index (χ1) is 7.26. The van der Waals surface area contributed by atoms with E-state index in [9.17, 15) is 0 Å². The Bertz CT molecular complexity index is 346. The molecule has 80 valence electrons. The van der Waals surface area contributed by atoms with Crippen LogP contribution in [0.4, 0.5) is 0 Å². The van der Waals surface area contributed by atoms with Crippen LogP contribution in [-0.2, 0) is 4.08 Å². The monoisotopic (exact) mass is 273 g/mol. The summed E-state index contributed by atoms with van der Waals surface area (Å²) in [6.07, 6.45) is 3.05. The molecule has 1 aliphatic heterocycles. The second kappa shape index (κ2) is 5.08. The van der Waals surface area contributed by atoms with Crippen LogP contribution in [0.3, 0.4) is 0 Å². The third-order valence-corrected chi connectivity index (χ3v) is 6.72. The van der Waals surface area contributed by atoms with E-state index in [1.54, 1.807) is 0 Å². The van der Waals surface area contributed by atoms with Gasteiger partial charge < -0.3 is 0 Å². The molecule has 0 atom stereocenters. The zero-order valence-corrected chi connectivity index (χ0v) is 11.4. The Labute approximate surface area is 109 Å². The second-order valence-electron chi connectivity index (χ2n) is 3.19. The molecule has 5 heteroatoms. The van der Waals surface area contributed by atoms with Gasteiger partial charge in [0, 0.05) is 6.20 Å². The number of thioether (sulfide) groups is 2. The van der Waals surface area contributed by atoms with Gasteiger partial charge in [-0.25, -0.2) is 0 Å². The number of thiocarbonyl (C=S) groups is 1. The van der Waals surface area contributed by atoms with E-state index < -0.39 is 0 Å². The molecule has 1 aromatic rings. The van der Waals surface area contributed by atoms with E-state index in [2.05, 4.69) is 17.6 Å². The third kappa shape index (κ3) is 2.35. The van der Waals surface area contributed by atoms with Crippen molar-refractivity contribution in [2.45, 2.75) is 10.5 Å². The molecule has 1 aliphatic rings. The van der Waals surface area contributed by atoms with Crippen LogP contribution in [0.5, 0.6) is 0 Å². The van der Waals surface area contributed by atoms with Gasteiger partial charge in [-0.1, -0.05) is 18.3 Å². The van der Waals surface area contributed by atoms with Crippen LogP contribution in [0.15, 0.2) is 24.4 Å². The number of hydrogen-bond donors (Lipinski definition) is 1. The lowest BCUT2D eigenvalue weighted by Crippen LogP contribution is -2.29.